The van der Waals surface area contributed by atoms with E-state index in [0.717, 1.165) is 17.8 Å². The van der Waals surface area contributed by atoms with Crippen LogP contribution in [0.4, 0.5) is 30.8 Å². The van der Waals surface area contributed by atoms with Crippen molar-refractivity contribution in [3.8, 4) is 11.4 Å². The second-order valence-electron chi connectivity index (χ2n) is 6.04. The van der Waals surface area contributed by atoms with Gasteiger partial charge < -0.3 is 10.6 Å². The quantitative estimate of drug-likeness (QED) is 0.741. The van der Waals surface area contributed by atoms with E-state index in [1.807, 2.05) is 44.2 Å². The van der Waals surface area contributed by atoms with Gasteiger partial charge in [-0.2, -0.15) is 28.1 Å². The lowest BCUT2D eigenvalue weighted by Crippen LogP contribution is -2.28. The SMILES string of the molecule is CC(C)N(c1ccnc(C(F)(F)F)c1)c1nc(N)nc(-c2ccccc2)n1. The fourth-order valence-corrected chi connectivity index (χ4v) is 2.57. The van der Waals surface area contributed by atoms with Crippen molar-refractivity contribution >= 4 is 17.6 Å². The summed E-state index contributed by atoms with van der Waals surface area (Å²) in [6.07, 6.45) is -3.44. The van der Waals surface area contributed by atoms with Gasteiger partial charge in [0.1, 0.15) is 5.69 Å². The normalized spacial score (nSPS) is 11.6. The highest BCUT2D eigenvalue weighted by Crippen LogP contribution is 2.33. The Kier molecular flexibility index (Phi) is 4.93. The summed E-state index contributed by atoms with van der Waals surface area (Å²) in [7, 11) is 0. The average Bonchev–Trinajstić information content (AvgIpc) is 2.61. The highest BCUT2D eigenvalue weighted by atomic mass is 19.4. The molecule has 140 valence electrons. The Morgan fingerprint density at radius 1 is 1.00 bits per heavy atom. The van der Waals surface area contributed by atoms with E-state index in [1.54, 1.807) is 4.90 Å². The summed E-state index contributed by atoms with van der Waals surface area (Å²) < 4.78 is 39.1. The zero-order valence-corrected chi connectivity index (χ0v) is 14.6. The number of rotatable bonds is 4. The molecule has 1 aromatic carbocycles. The molecule has 2 aromatic heterocycles. The van der Waals surface area contributed by atoms with Gasteiger partial charge in [0.15, 0.2) is 5.82 Å². The molecule has 0 saturated carbocycles. The van der Waals surface area contributed by atoms with E-state index in [9.17, 15) is 13.2 Å². The fourth-order valence-electron chi connectivity index (χ4n) is 2.57. The topological polar surface area (TPSA) is 80.8 Å². The van der Waals surface area contributed by atoms with E-state index in [2.05, 4.69) is 19.9 Å². The molecule has 0 amide bonds. The van der Waals surface area contributed by atoms with Crippen LogP contribution < -0.4 is 10.6 Å². The zero-order chi connectivity index (χ0) is 19.6. The van der Waals surface area contributed by atoms with Crippen LogP contribution >= 0.6 is 0 Å². The molecule has 9 heteroatoms. The zero-order valence-electron chi connectivity index (χ0n) is 14.6. The first-order valence-electron chi connectivity index (χ1n) is 8.15. The smallest absolute Gasteiger partial charge is 0.368 e. The Balaban J connectivity index is 2.10. The molecular formula is C18H17F3N6. The van der Waals surface area contributed by atoms with E-state index >= 15 is 0 Å². The fraction of sp³-hybridized carbons (Fsp3) is 0.222. The van der Waals surface area contributed by atoms with Gasteiger partial charge in [-0.25, -0.2) is 0 Å². The van der Waals surface area contributed by atoms with Crippen LogP contribution in [-0.4, -0.2) is 26.0 Å². The molecule has 0 spiro atoms. The minimum atomic E-state index is -4.55. The number of benzene rings is 1. The number of nitrogens with zero attached hydrogens (tertiary/aromatic N) is 5. The molecule has 27 heavy (non-hydrogen) atoms. The molecule has 0 bridgehead atoms. The largest absolute Gasteiger partial charge is 0.433 e. The molecule has 0 aliphatic rings. The Labute approximate surface area is 153 Å². The number of pyridine rings is 1. The van der Waals surface area contributed by atoms with Gasteiger partial charge in [0, 0.05) is 23.5 Å². The molecule has 0 aliphatic carbocycles. The molecule has 0 saturated heterocycles. The predicted molar refractivity (Wildman–Crippen MR) is 96.2 cm³/mol. The van der Waals surface area contributed by atoms with Gasteiger partial charge in [-0.3, -0.25) is 4.98 Å². The molecule has 6 nitrogen and oxygen atoms in total. The molecule has 3 rings (SSSR count). The van der Waals surface area contributed by atoms with Gasteiger partial charge in [0.05, 0.1) is 0 Å². The molecule has 2 N–H and O–H groups in total. The standard InChI is InChI=1S/C18H17F3N6/c1-11(2)27(13-8-9-23-14(10-13)18(19,20)21)17-25-15(24-16(22)26-17)12-6-4-3-5-7-12/h3-11H,1-2H3,(H2,22,24,25,26). The van der Waals surface area contributed by atoms with Gasteiger partial charge >= 0.3 is 6.18 Å². The highest BCUT2D eigenvalue weighted by Gasteiger charge is 2.33. The first kappa shape index (κ1) is 18.6. The van der Waals surface area contributed by atoms with Crippen molar-refractivity contribution in [2.45, 2.75) is 26.1 Å². The second kappa shape index (κ2) is 7.18. The lowest BCUT2D eigenvalue weighted by Gasteiger charge is -2.27. The third-order valence-corrected chi connectivity index (χ3v) is 3.72. The number of alkyl halides is 3. The third kappa shape index (κ3) is 4.13. The van der Waals surface area contributed by atoms with Crippen molar-refractivity contribution < 1.29 is 13.2 Å². The molecule has 0 radical (unpaired) electrons. The van der Waals surface area contributed by atoms with Crippen molar-refractivity contribution in [3.05, 3.63) is 54.4 Å². The summed E-state index contributed by atoms with van der Waals surface area (Å²) >= 11 is 0. The molecule has 0 aliphatic heterocycles. The number of hydrogen-bond donors (Lipinski definition) is 1. The predicted octanol–water partition coefficient (Wildman–Crippen LogP) is 4.08. The average molecular weight is 374 g/mol. The lowest BCUT2D eigenvalue weighted by atomic mass is 10.2. The Bertz CT molecular complexity index is 928. The maximum absolute atomic E-state index is 13.0. The van der Waals surface area contributed by atoms with Crippen LogP contribution in [-0.2, 0) is 6.18 Å². The lowest BCUT2D eigenvalue weighted by molar-refractivity contribution is -0.141. The van der Waals surface area contributed by atoms with Crippen LogP contribution in [0.5, 0.6) is 0 Å². The summed E-state index contributed by atoms with van der Waals surface area (Å²) in [5.41, 5.74) is 5.83. The van der Waals surface area contributed by atoms with Gasteiger partial charge in [0.2, 0.25) is 11.9 Å². The van der Waals surface area contributed by atoms with Crippen LogP contribution in [0, 0.1) is 0 Å². The minimum absolute atomic E-state index is 0.0189. The van der Waals surface area contributed by atoms with Crippen molar-refractivity contribution in [1.82, 2.24) is 19.9 Å². The van der Waals surface area contributed by atoms with Gasteiger partial charge in [-0.1, -0.05) is 30.3 Å². The Morgan fingerprint density at radius 2 is 1.70 bits per heavy atom. The third-order valence-electron chi connectivity index (χ3n) is 3.72. The summed E-state index contributed by atoms with van der Waals surface area (Å²) in [6, 6.07) is 11.3. The number of nitrogens with two attached hydrogens (primary N) is 1. The molecule has 0 atom stereocenters. The summed E-state index contributed by atoms with van der Waals surface area (Å²) in [4.78, 5) is 17.6. The van der Waals surface area contributed by atoms with Crippen molar-refractivity contribution in [1.29, 1.82) is 0 Å². The second-order valence-corrected chi connectivity index (χ2v) is 6.04. The number of halogens is 3. The first-order chi connectivity index (χ1) is 12.8. The van der Waals surface area contributed by atoms with E-state index in [0.29, 0.717) is 5.82 Å². The maximum atomic E-state index is 13.0. The maximum Gasteiger partial charge on any atom is 0.433 e. The van der Waals surface area contributed by atoms with Crippen molar-refractivity contribution in [3.63, 3.8) is 0 Å². The van der Waals surface area contributed by atoms with Gasteiger partial charge in [0.25, 0.3) is 0 Å². The summed E-state index contributed by atoms with van der Waals surface area (Å²) in [5, 5.41) is 0. The number of nitrogen functional groups attached to an aromatic ring is 1. The molecule has 3 aromatic rings. The highest BCUT2D eigenvalue weighted by molar-refractivity contribution is 5.63. The van der Waals surface area contributed by atoms with Gasteiger partial charge in [-0.15, -0.1) is 0 Å². The van der Waals surface area contributed by atoms with Crippen LogP contribution in [0.2, 0.25) is 0 Å². The van der Waals surface area contributed by atoms with Crippen molar-refractivity contribution in [2.75, 3.05) is 10.6 Å². The Hall–Kier alpha value is -3.23. The summed E-state index contributed by atoms with van der Waals surface area (Å²) in [5.74, 6) is 0.485. The van der Waals surface area contributed by atoms with Crippen LogP contribution in [0.3, 0.4) is 0 Å². The first-order valence-corrected chi connectivity index (χ1v) is 8.15. The molecule has 0 fully saturated rings. The molecule has 2 heterocycles. The minimum Gasteiger partial charge on any atom is -0.368 e. The van der Waals surface area contributed by atoms with Gasteiger partial charge in [-0.05, 0) is 26.0 Å². The Morgan fingerprint density at radius 3 is 2.33 bits per heavy atom. The monoisotopic (exact) mass is 374 g/mol. The van der Waals surface area contributed by atoms with Crippen LogP contribution in [0.1, 0.15) is 19.5 Å². The van der Waals surface area contributed by atoms with E-state index in [4.69, 9.17) is 5.73 Å². The number of anilines is 3. The van der Waals surface area contributed by atoms with Crippen LogP contribution in [0.15, 0.2) is 48.7 Å². The van der Waals surface area contributed by atoms with Crippen molar-refractivity contribution in [2.24, 2.45) is 0 Å². The van der Waals surface area contributed by atoms with Crippen LogP contribution in [0.25, 0.3) is 11.4 Å². The number of aromatic nitrogens is 4. The van der Waals surface area contributed by atoms with E-state index in [1.165, 1.54) is 6.07 Å². The van der Waals surface area contributed by atoms with E-state index in [-0.39, 0.29) is 23.6 Å². The number of hydrogen-bond acceptors (Lipinski definition) is 6. The molecule has 0 unspecified atom stereocenters. The summed E-state index contributed by atoms with van der Waals surface area (Å²) in [6.45, 7) is 3.63. The molecular weight excluding hydrogens is 357 g/mol. The van der Waals surface area contributed by atoms with E-state index < -0.39 is 11.9 Å².